The van der Waals surface area contributed by atoms with Gasteiger partial charge in [0.1, 0.15) is 0 Å². The van der Waals surface area contributed by atoms with Crippen LogP contribution in [0, 0.1) is 0 Å². The molecule has 0 amide bonds. The second-order valence-electron chi connectivity index (χ2n) is 4.52. The van der Waals surface area contributed by atoms with Crippen LogP contribution in [0.2, 0.25) is 0 Å². The zero-order chi connectivity index (χ0) is 14.4. The summed E-state index contributed by atoms with van der Waals surface area (Å²) in [4.78, 5) is 22.3. The third-order valence-electron chi connectivity index (χ3n) is 2.97. The molecule has 1 heterocycles. The van der Waals surface area contributed by atoms with E-state index in [1.807, 2.05) is 30.3 Å². The minimum absolute atomic E-state index is 0.0177. The van der Waals surface area contributed by atoms with E-state index in [1.165, 1.54) is 10.7 Å². The van der Waals surface area contributed by atoms with Gasteiger partial charge in [-0.25, -0.2) is 4.68 Å². The standard InChI is InChI=1S/C15H16N2O3/c18-14-8-6-13(7-9-15(19)20)16-17(14)11-10-12-4-2-1-3-5-12/h1-6,8H,7,9-11H2,(H,19,20). The summed E-state index contributed by atoms with van der Waals surface area (Å²) in [5.41, 5.74) is 1.59. The fourth-order valence-electron chi connectivity index (χ4n) is 1.90. The molecule has 0 unspecified atom stereocenters. The van der Waals surface area contributed by atoms with Crippen LogP contribution in [-0.2, 0) is 24.2 Å². The van der Waals surface area contributed by atoms with Gasteiger partial charge in [0.05, 0.1) is 12.1 Å². The number of rotatable bonds is 6. The highest BCUT2D eigenvalue weighted by molar-refractivity contribution is 5.66. The zero-order valence-corrected chi connectivity index (χ0v) is 11.0. The molecular formula is C15H16N2O3. The maximum absolute atomic E-state index is 11.7. The second-order valence-corrected chi connectivity index (χ2v) is 4.52. The first-order chi connectivity index (χ1) is 9.65. The molecule has 0 atom stereocenters. The molecule has 1 aromatic carbocycles. The average molecular weight is 272 g/mol. The van der Waals surface area contributed by atoms with Gasteiger partial charge >= 0.3 is 5.97 Å². The van der Waals surface area contributed by atoms with Crippen LogP contribution in [0.4, 0.5) is 0 Å². The van der Waals surface area contributed by atoms with Gasteiger partial charge in [-0.3, -0.25) is 9.59 Å². The van der Waals surface area contributed by atoms with E-state index in [1.54, 1.807) is 6.07 Å². The fourth-order valence-corrected chi connectivity index (χ4v) is 1.90. The van der Waals surface area contributed by atoms with Crippen molar-refractivity contribution < 1.29 is 9.90 Å². The van der Waals surface area contributed by atoms with Gasteiger partial charge in [-0.1, -0.05) is 30.3 Å². The SMILES string of the molecule is O=C(O)CCc1ccc(=O)n(CCc2ccccc2)n1. The van der Waals surface area contributed by atoms with Crippen molar-refractivity contribution in [1.29, 1.82) is 0 Å². The highest BCUT2D eigenvalue weighted by atomic mass is 16.4. The molecule has 5 nitrogen and oxygen atoms in total. The van der Waals surface area contributed by atoms with Gasteiger partial charge in [-0.2, -0.15) is 5.10 Å². The Morgan fingerprint density at radius 2 is 1.85 bits per heavy atom. The van der Waals surface area contributed by atoms with Gasteiger partial charge in [0.15, 0.2) is 0 Å². The van der Waals surface area contributed by atoms with Crippen LogP contribution < -0.4 is 5.56 Å². The summed E-state index contributed by atoms with van der Waals surface area (Å²) in [6, 6.07) is 12.9. The minimum Gasteiger partial charge on any atom is -0.481 e. The summed E-state index contributed by atoms with van der Waals surface area (Å²) in [6.07, 6.45) is 1.07. The zero-order valence-electron chi connectivity index (χ0n) is 11.0. The Kier molecular flexibility index (Phi) is 4.65. The highest BCUT2D eigenvalue weighted by Crippen LogP contribution is 2.01. The first-order valence-corrected chi connectivity index (χ1v) is 6.48. The Labute approximate surface area is 116 Å². The van der Waals surface area contributed by atoms with Crippen molar-refractivity contribution in [3.05, 3.63) is 64.1 Å². The molecular weight excluding hydrogens is 256 g/mol. The number of carboxylic acid groups (broad SMARTS) is 1. The van der Waals surface area contributed by atoms with Crippen LogP contribution in [0.25, 0.3) is 0 Å². The van der Waals surface area contributed by atoms with Gasteiger partial charge in [0.2, 0.25) is 0 Å². The normalized spacial score (nSPS) is 10.4. The van der Waals surface area contributed by atoms with E-state index < -0.39 is 5.97 Å². The molecule has 0 spiro atoms. The van der Waals surface area contributed by atoms with E-state index in [9.17, 15) is 9.59 Å². The largest absolute Gasteiger partial charge is 0.481 e. The molecule has 5 heteroatoms. The van der Waals surface area contributed by atoms with Crippen LogP contribution in [0.5, 0.6) is 0 Å². The van der Waals surface area contributed by atoms with Crippen molar-refractivity contribution in [3.63, 3.8) is 0 Å². The third-order valence-corrected chi connectivity index (χ3v) is 2.97. The van der Waals surface area contributed by atoms with E-state index >= 15 is 0 Å². The van der Waals surface area contributed by atoms with Crippen molar-refractivity contribution in [3.8, 4) is 0 Å². The lowest BCUT2D eigenvalue weighted by Gasteiger charge is -2.06. The smallest absolute Gasteiger partial charge is 0.303 e. The first kappa shape index (κ1) is 14.0. The Morgan fingerprint density at radius 3 is 2.55 bits per heavy atom. The molecule has 0 saturated carbocycles. The molecule has 2 rings (SSSR count). The second kappa shape index (κ2) is 6.65. The van der Waals surface area contributed by atoms with Crippen molar-refractivity contribution in [1.82, 2.24) is 9.78 Å². The van der Waals surface area contributed by atoms with Gasteiger partial charge in [-0.05, 0) is 18.1 Å². The van der Waals surface area contributed by atoms with Crippen LogP contribution >= 0.6 is 0 Å². The number of nitrogens with zero attached hydrogens (tertiary/aromatic N) is 2. The lowest BCUT2D eigenvalue weighted by atomic mass is 10.1. The van der Waals surface area contributed by atoms with Crippen molar-refractivity contribution >= 4 is 5.97 Å². The number of carbonyl (C=O) groups is 1. The number of benzene rings is 1. The van der Waals surface area contributed by atoms with E-state index in [4.69, 9.17) is 5.11 Å². The molecule has 0 saturated heterocycles. The summed E-state index contributed by atoms with van der Waals surface area (Å²) >= 11 is 0. The summed E-state index contributed by atoms with van der Waals surface area (Å²) in [6.45, 7) is 0.490. The topological polar surface area (TPSA) is 72.2 Å². The van der Waals surface area contributed by atoms with Crippen LogP contribution in [0.3, 0.4) is 0 Å². The Morgan fingerprint density at radius 1 is 1.10 bits per heavy atom. The van der Waals surface area contributed by atoms with E-state index in [0.717, 1.165) is 12.0 Å². The number of hydrogen-bond acceptors (Lipinski definition) is 3. The molecule has 0 radical (unpaired) electrons. The van der Waals surface area contributed by atoms with E-state index in [0.29, 0.717) is 18.7 Å². The predicted octanol–water partition coefficient (Wildman–Crippen LogP) is 1.50. The quantitative estimate of drug-likeness (QED) is 0.865. The minimum atomic E-state index is -0.867. The molecule has 104 valence electrons. The maximum atomic E-state index is 11.7. The molecule has 0 aliphatic heterocycles. The van der Waals surface area contributed by atoms with Crippen molar-refractivity contribution in [2.24, 2.45) is 0 Å². The lowest BCUT2D eigenvalue weighted by molar-refractivity contribution is -0.136. The van der Waals surface area contributed by atoms with Crippen molar-refractivity contribution in [2.45, 2.75) is 25.8 Å². The summed E-state index contributed by atoms with van der Waals surface area (Å²) in [7, 11) is 0. The molecule has 1 aromatic heterocycles. The Bertz CT molecular complexity index is 635. The molecule has 1 N–H and O–H groups in total. The van der Waals surface area contributed by atoms with Crippen LogP contribution in [0.15, 0.2) is 47.3 Å². The number of hydrogen-bond donors (Lipinski definition) is 1. The average Bonchev–Trinajstić information content (AvgIpc) is 2.46. The van der Waals surface area contributed by atoms with E-state index in [2.05, 4.69) is 5.10 Å². The van der Waals surface area contributed by atoms with Gasteiger partial charge < -0.3 is 5.11 Å². The Balaban J connectivity index is 2.05. The summed E-state index contributed by atoms with van der Waals surface area (Å²) in [5, 5.41) is 12.9. The number of aliphatic carboxylic acids is 1. The number of aryl methyl sites for hydroxylation is 3. The predicted molar refractivity (Wildman–Crippen MR) is 74.6 cm³/mol. The monoisotopic (exact) mass is 272 g/mol. The van der Waals surface area contributed by atoms with Crippen molar-refractivity contribution in [2.75, 3.05) is 0 Å². The number of carboxylic acids is 1. The molecule has 0 aliphatic carbocycles. The van der Waals surface area contributed by atoms with Crippen LogP contribution in [0.1, 0.15) is 17.7 Å². The summed E-state index contributed by atoms with van der Waals surface area (Å²) in [5.74, 6) is -0.867. The molecule has 0 bridgehead atoms. The lowest BCUT2D eigenvalue weighted by Crippen LogP contribution is -2.24. The van der Waals surface area contributed by atoms with Gasteiger partial charge in [-0.15, -0.1) is 0 Å². The molecule has 2 aromatic rings. The van der Waals surface area contributed by atoms with Gasteiger partial charge in [0, 0.05) is 19.0 Å². The third kappa shape index (κ3) is 4.05. The fraction of sp³-hybridized carbons (Fsp3) is 0.267. The van der Waals surface area contributed by atoms with Crippen LogP contribution in [-0.4, -0.2) is 20.9 Å². The molecule has 0 aliphatic rings. The molecule has 20 heavy (non-hydrogen) atoms. The van der Waals surface area contributed by atoms with E-state index in [-0.39, 0.29) is 12.0 Å². The molecule has 0 fully saturated rings. The maximum Gasteiger partial charge on any atom is 0.303 e. The Hall–Kier alpha value is -2.43. The number of aromatic nitrogens is 2. The first-order valence-electron chi connectivity index (χ1n) is 6.48. The summed E-state index contributed by atoms with van der Waals surface area (Å²) < 4.78 is 1.39. The van der Waals surface area contributed by atoms with Gasteiger partial charge in [0.25, 0.3) is 5.56 Å². The highest BCUT2D eigenvalue weighted by Gasteiger charge is 2.04.